The van der Waals surface area contributed by atoms with E-state index in [0.717, 1.165) is 0 Å². The van der Waals surface area contributed by atoms with Crippen LogP contribution in [0, 0.1) is 5.92 Å². The summed E-state index contributed by atoms with van der Waals surface area (Å²) in [5, 5.41) is 22.2. The van der Waals surface area contributed by atoms with Crippen LogP contribution in [0.1, 0.15) is 19.8 Å². The summed E-state index contributed by atoms with van der Waals surface area (Å²) in [5.41, 5.74) is 2.92. The molecule has 1 aliphatic rings. The molecule has 24 heavy (non-hydrogen) atoms. The molecule has 0 aromatic heterocycles. The van der Waals surface area contributed by atoms with Crippen LogP contribution in [0.4, 0.5) is 0 Å². The molecule has 0 bridgehead atoms. The van der Waals surface area contributed by atoms with Gasteiger partial charge in [-0.05, 0) is 45.2 Å². The first-order valence-corrected chi connectivity index (χ1v) is 7.95. The quantitative estimate of drug-likeness (QED) is 0.427. The van der Waals surface area contributed by atoms with Crippen molar-refractivity contribution in [3.8, 4) is 11.1 Å². The molecule has 0 saturated carbocycles. The maximum atomic E-state index is 10.2. The first kappa shape index (κ1) is 16.0. The SMILES string of the molecule is CCCC(C(=O)O)C(=O)O.c1ccc2c3c4c-3cccc4cc2c1. The molecule has 2 N–H and O–H groups in total. The van der Waals surface area contributed by atoms with Gasteiger partial charge in [0.15, 0.2) is 5.92 Å². The van der Waals surface area contributed by atoms with Gasteiger partial charge in [0.1, 0.15) is 0 Å². The minimum Gasteiger partial charge on any atom is -0.481 e. The molecule has 0 radical (unpaired) electrons. The molecule has 122 valence electrons. The lowest BCUT2D eigenvalue weighted by molar-refractivity contribution is -0.154. The lowest BCUT2D eigenvalue weighted by Crippen LogP contribution is -2.22. The van der Waals surface area contributed by atoms with Gasteiger partial charge in [-0.2, -0.15) is 0 Å². The molecule has 0 saturated heterocycles. The van der Waals surface area contributed by atoms with Crippen LogP contribution in [0.3, 0.4) is 0 Å². The summed E-state index contributed by atoms with van der Waals surface area (Å²) in [6.07, 6.45) is 0.772. The molecule has 0 heterocycles. The molecular weight excluding hydrogens is 304 g/mol. The highest BCUT2D eigenvalue weighted by Gasteiger charge is 2.24. The highest BCUT2D eigenvalue weighted by atomic mass is 16.4. The van der Waals surface area contributed by atoms with E-state index in [1.807, 2.05) is 0 Å². The Morgan fingerprint density at radius 3 is 2.25 bits per heavy atom. The first-order valence-electron chi connectivity index (χ1n) is 7.95. The molecule has 4 heteroatoms. The van der Waals surface area contributed by atoms with Crippen LogP contribution in [-0.2, 0) is 9.59 Å². The number of carboxylic acids is 2. The molecule has 0 fully saturated rings. The summed E-state index contributed by atoms with van der Waals surface area (Å²) in [4.78, 5) is 20.3. The molecular formula is C20H18O4. The van der Waals surface area contributed by atoms with Crippen molar-refractivity contribution in [2.75, 3.05) is 0 Å². The number of carboxylic acid groups (broad SMARTS) is 2. The van der Waals surface area contributed by atoms with Gasteiger partial charge in [-0.1, -0.05) is 55.8 Å². The van der Waals surface area contributed by atoms with E-state index in [1.165, 1.54) is 32.7 Å². The monoisotopic (exact) mass is 322 g/mol. The molecule has 1 aliphatic carbocycles. The second-order valence-electron chi connectivity index (χ2n) is 5.89. The van der Waals surface area contributed by atoms with Crippen LogP contribution in [-0.4, -0.2) is 22.2 Å². The summed E-state index contributed by atoms with van der Waals surface area (Å²) in [6, 6.07) is 17.5. The minimum atomic E-state index is -1.26. The highest BCUT2D eigenvalue weighted by molar-refractivity contribution is 6.29. The van der Waals surface area contributed by atoms with Crippen LogP contribution in [0.15, 0.2) is 48.5 Å². The standard InChI is InChI=1S/C14H8.C6H10O4/c1-2-6-11-9(4-1)8-10-5-3-7-12-13(10)14(11)12;1-2-3-4(5(7)8)6(9)10/h1-8H;4H,2-3H2,1H3,(H,7,8)(H,9,10). The van der Waals surface area contributed by atoms with Crippen molar-refractivity contribution < 1.29 is 19.8 Å². The number of rotatable bonds is 4. The Hall–Kier alpha value is -2.88. The van der Waals surface area contributed by atoms with Gasteiger partial charge in [0.05, 0.1) is 0 Å². The van der Waals surface area contributed by atoms with Crippen molar-refractivity contribution in [3.05, 3.63) is 48.5 Å². The molecule has 4 rings (SSSR count). The van der Waals surface area contributed by atoms with E-state index in [9.17, 15) is 9.59 Å². The minimum absolute atomic E-state index is 0.199. The van der Waals surface area contributed by atoms with Crippen molar-refractivity contribution in [1.82, 2.24) is 0 Å². The van der Waals surface area contributed by atoms with Crippen LogP contribution in [0.25, 0.3) is 32.7 Å². The summed E-state index contributed by atoms with van der Waals surface area (Å²) in [6.45, 7) is 1.75. The second-order valence-corrected chi connectivity index (χ2v) is 5.89. The predicted octanol–water partition coefficient (Wildman–Crippen LogP) is 4.55. The molecule has 0 spiro atoms. The molecule has 3 aromatic rings. The Balaban J connectivity index is 0.000000152. The number of hydrogen-bond donors (Lipinski definition) is 2. The number of carbonyl (C=O) groups is 2. The Morgan fingerprint density at radius 2 is 1.62 bits per heavy atom. The van der Waals surface area contributed by atoms with Gasteiger partial charge in [-0.25, -0.2) is 0 Å². The highest BCUT2D eigenvalue weighted by Crippen LogP contribution is 2.51. The third-order valence-electron chi connectivity index (χ3n) is 4.27. The van der Waals surface area contributed by atoms with E-state index < -0.39 is 17.9 Å². The van der Waals surface area contributed by atoms with Gasteiger partial charge in [-0.3, -0.25) is 9.59 Å². The average molecular weight is 322 g/mol. The van der Waals surface area contributed by atoms with Gasteiger partial charge < -0.3 is 10.2 Å². The Kier molecular flexibility index (Phi) is 4.21. The first-order chi connectivity index (χ1) is 11.5. The fourth-order valence-electron chi connectivity index (χ4n) is 3.06. The number of aliphatic carboxylic acids is 2. The van der Waals surface area contributed by atoms with Crippen LogP contribution in [0.2, 0.25) is 0 Å². The van der Waals surface area contributed by atoms with Gasteiger partial charge in [0.25, 0.3) is 0 Å². The Morgan fingerprint density at radius 1 is 0.958 bits per heavy atom. The molecule has 4 nitrogen and oxygen atoms in total. The van der Waals surface area contributed by atoms with E-state index in [-0.39, 0.29) is 6.42 Å². The number of hydrogen-bond acceptors (Lipinski definition) is 2. The van der Waals surface area contributed by atoms with Gasteiger partial charge >= 0.3 is 11.9 Å². The van der Waals surface area contributed by atoms with Crippen LogP contribution >= 0.6 is 0 Å². The van der Waals surface area contributed by atoms with Gasteiger partial charge in [0, 0.05) is 0 Å². The smallest absolute Gasteiger partial charge is 0.317 e. The number of benzene rings is 3. The summed E-state index contributed by atoms with van der Waals surface area (Å²) >= 11 is 0. The van der Waals surface area contributed by atoms with E-state index in [1.54, 1.807) is 6.92 Å². The van der Waals surface area contributed by atoms with Gasteiger partial charge in [0.2, 0.25) is 0 Å². The van der Waals surface area contributed by atoms with Crippen molar-refractivity contribution in [1.29, 1.82) is 0 Å². The third-order valence-corrected chi connectivity index (χ3v) is 4.27. The largest absolute Gasteiger partial charge is 0.481 e. The van der Waals surface area contributed by atoms with E-state index >= 15 is 0 Å². The van der Waals surface area contributed by atoms with Crippen LogP contribution in [0.5, 0.6) is 0 Å². The van der Waals surface area contributed by atoms with Gasteiger partial charge in [-0.15, -0.1) is 0 Å². The molecule has 0 aliphatic heterocycles. The zero-order chi connectivity index (χ0) is 17.3. The summed E-state index contributed by atoms with van der Waals surface area (Å²) in [5.74, 6) is -3.74. The van der Waals surface area contributed by atoms with Crippen molar-refractivity contribution in [3.63, 3.8) is 0 Å². The van der Waals surface area contributed by atoms with E-state index in [2.05, 4.69) is 48.5 Å². The average Bonchev–Trinajstić information content (AvgIpc) is 3.29. The predicted molar refractivity (Wildman–Crippen MR) is 94.1 cm³/mol. The summed E-state index contributed by atoms with van der Waals surface area (Å²) < 4.78 is 0. The molecule has 3 aromatic carbocycles. The number of fused-ring (bicyclic) bond motifs is 3. The lowest BCUT2D eigenvalue weighted by atomic mass is 10.1. The molecule has 0 atom stereocenters. The normalized spacial score (nSPS) is 11.2. The van der Waals surface area contributed by atoms with Crippen molar-refractivity contribution >= 4 is 33.5 Å². The van der Waals surface area contributed by atoms with Crippen LogP contribution < -0.4 is 0 Å². The van der Waals surface area contributed by atoms with E-state index in [0.29, 0.717) is 6.42 Å². The fraction of sp³-hybridized carbons (Fsp3) is 0.200. The molecule has 0 unspecified atom stereocenters. The Bertz CT molecular complexity index is 929. The zero-order valence-electron chi connectivity index (χ0n) is 13.3. The fourth-order valence-corrected chi connectivity index (χ4v) is 3.06. The molecule has 0 amide bonds. The van der Waals surface area contributed by atoms with E-state index in [4.69, 9.17) is 10.2 Å². The summed E-state index contributed by atoms with van der Waals surface area (Å²) in [7, 11) is 0. The van der Waals surface area contributed by atoms with Crippen molar-refractivity contribution in [2.24, 2.45) is 5.92 Å². The maximum Gasteiger partial charge on any atom is 0.317 e. The van der Waals surface area contributed by atoms with Crippen molar-refractivity contribution in [2.45, 2.75) is 19.8 Å². The second kappa shape index (κ2) is 6.32. The maximum absolute atomic E-state index is 10.2. The Labute approximate surface area is 139 Å². The zero-order valence-corrected chi connectivity index (χ0v) is 13.3. The topological polar surface area (TPSA) is 74.6 Å². The lowest BCUT2D eigenvalue weighted by Gasteiger charge is -2.02. The third kappa shape index (κ3) is 2.83.